The van der Waals surface area contributed by atoms with E-state index in [9.17, 15) is 0 Å². The number of hydrogen-bond donors (Lipinski definition) is 1. The lowest BCUT2D eigenvalue weighted by atomic mass is 10.0. The van der Waals surface area contributed by atoms with Crippen LogP contribution >= 0.6 is 0 Å². The fourth-order valence-corrected chi connectivity index (χ4v) is 1.93. The molecule has 0 aromatic rings. The number of piperidine rings is 1. The average Bonchev–Trinajstić information content (AvgIpc) is 2.17. The van der Waals surface area contributed by atoms with Crippen molar-refractivity contribution in [3.05, 3.63) is 0 Å². The van der Waals surface area contributed by atoms with Crippen molar-refractivity contribution in [3.8, 4) is 0 Å². The minimum absolute atomic E-state index is 0.266. The van der Waals surface area contributed by atoms with Gasteiger partial charge in [-0.1, -0.05) is 6.42 Å². The molecule has 1 saturated heterocycles. The van der Waals surface area contributed by atoms with Crippen LogP contribution in [0.25, 0.3) is 0 Å². The standard InChI is InChI=1S/C10H21NO2/c1-2-13-9-10-5-3-4-6-11(10)7-8-12/h10,12H,2-9H2,1H3/t10-/m1/s1. The smallest absolute Gasteiger partial charge is 0.0621 e. The van der Waals surface area contributed by atoms with E-state index in [1.165, 1.54) is 19.3 Å². The zero-order valence-corrected chi connectivity index (χ0v) is 8.54. The molecule has 1 aliphatic rings. The van der Waals surface area contributed by atoms with Crippen molar-refractivity contribution in [1.29, 1.82) is 0 Å². The van der Waals surface area contributed by atoms with E-state index < -0.39 is 0 Å². The molecule has 0 spiro atoms. The van der Waals surface area contributed by atoms with Crippen LogP contribution in [0.3, 0.4) is 0 Å². The Morgan fingerprint density at radius 3 is 3.00 bits per heavy atom. The molecule has 0 unspecified atom stereocenters. The number of hydrogen-bond acceptors (Lipinski definition) is 3. The van der Waals surface area contributed by atoms with Crippen molar-refractivity contribution in [2.45, 2.75) is 32.2 Å². The van der Waals surface area contributed by atoms with Crippen molar-refractivity contribution < 1.29 is 9.84 Å². The van der Waals surface area contributed by atoms with E-state index in [0.29, 0.717) is 6.04 Å². The van der Waals surface area contributed by atoms with Gasteiger partial charge in [-0.2, -0.15) is 0 Å². The molecule has 3 nitrogen and oxygen atoms in total. The van der Waals surface area contributed by atoms with E-state index >= 15 is 0 Å². The lowest BCUT2D eigenvalue weighted by Gasteiger charge is -2.34. The molecule has 1 rings (SSSR count). The van der Waals surface area contributed by atoms with E-state index in [-0.39, 0.29) is 6.61 Å². The Balaban J connectivity index is 2.28. The van der Waals surface area contributed by atoms with E-state index in [2.05, 4.69) is 4.90 Å². The van der Waals surface area contributed by atoms with Gasteiger partial charge in [-0.25, -0.2) is 0 Å². The van der Waals surface area contributed by atoms with Gasteiger partial charge in [0.2, 0.25) is 0 Å². The summed E-state index contributed by atoms with van der Waals surface area (Å²) in [5.41, 5.74) is 0. The SMILES string of the molecule is CCOC[C@H]1CCCCN1CCO. The molecule has 0 aromatic carbocycles. The first-order valence-corrected chi connectivity index (χ1v) is 5.31. The van der Waals surface area contributed by atoms with E-state index in [4.69, 9.17) is 9.84 Å². The van der Waals surface area contributed by atoms with Gasteiger partial charge in [0.25, 0.3) is 0 Å². The van der Waals surface area contributed by atoms with E-state index in [1.807, 2.05) is 6.92 Å². The molecule has 1 heterocycles. The molecule has 3 heteroatoms. The molecule has 1 fully saturated rings. The molecule has 0 saturated carbocycles. The summed E-state index contributed by atoms with van der Waals surface area (Å²) in [6.45, 7) is 5.85. The summed E-state index contributed by atoms with van der Waals surface area (Å²) >= 11 is 0. The summed E-state index contributed by atoms with van der Waals surface area (Å²) < 4.78 is 5.43. The largest absolute Gasteiger partial charge is 0.395 e. The first kappa shape index (κ1) is 11.0. The summed E-state index contributed by atoms with van der Waals surface area (Å²) in [5.74, 6) is 0. The third-order valence-corrected chi connectivity index (χ3v) is 2.65. The van der Waals surface area contributed by atoms with Crippen LogP contribution in [0.5, 0.6) is 0 Å². The van der Waals surface area contributed by atoms with Crippen LogP contribution in [0.4, 0.5) is 0 Å². The Kier molecular flexibility index (Phi) is 5.35. The molecule has 1 aliphatic heterocycles. The Hall–Kier alpha value is -0.120. The zero-order chi connectivity index (χ0) is 9.52. The van der Waals surface area contributed by atoms with Crippen LogP contribution in [-0.4, -0.2) is 49.0 Å². The Morgan fingerprint density at radius 2 is 2.31 bits per heavy atom. The van der Waals surface area contributed by atoms with Crippen LogP contribution in [-0.2, 0) is 4.74 Å². The second-order valence-corrected chi connectivity index (χ2v) is 3.57. The fourth-order valence-electron chi connectivity index (χ4n) is 1.93. The molecule has 0 radical (unpaired) electrons. The van der Waals surface area contributed by atoms with Crippen molar-refractivity contribution >= 4 is 0 Å². The van der Waals surface area contributed by atoms with Crippen molar-refractivity contribution in [2.75, 3.05) is 32.9 Å². The zero-order valence-electron chi connectivity index (χ0n) is 8.54. The fraction of sp³-hybridized carbons (Fsp3) is 1.00. The van der Waals surface area contributed by atoms with E-state index in [0.717, 1.165) is 26.3 Å². The molecule has 1 atom stereocenters. The maximum atomic E-state index is 8.88. The lowest BCUT2D eigenvalue weighted by molar-refractivity contribution is 0.0370. The highest BCUT2D eigenvalue weighted by atomic mass is 16.5. The molecule has 78 valence electrons. The van der Waals surface area contributed by atoms with Crippen molar-refractivity contribution in [1.82, 2.24) is 4.90 Å². The maximum absolute atomic E-state index is 8.88. The molecule has 13 heavy (non-hydrogen) atoms. The van der Waals surface area contributed by atoms with Crippen molar-refractivity contribution in [3.63, 3.8) is 0 Å². The Labute approximate surface area is 80.7 Å². The minimum atomic E-state index is 0.266. The highest BCUT2D eigenvalue weighted by molar-refractivity contribution is 4.76. The third kappa shape index (κ3) is 3.63. The van der Waals surface area contributed by atoms with Crippen LogP contribution in [0.2, 0.25) is 0 Å². The second kappa shape index (κ2) is 6.35. The normalized spacial score (nSPS) is 24.9. The Bertz CT molecular complexity index is 128. The predicted octanol–water partition coefficient (Wildman–Crippen LogP) is 0.870. The van der Waals surface area contributed by atoms with Gasteiger partial charge in [-0.3, -0.25) is 4.90 Å². The summed E-state index contributed by atoms with van der Waals surface area (Å²) in [7, 11) is 0. The summed E-state index contributed by atoms with van der Waals surface area (Å²) in [4.78, 5) is 2.35. The first-order chi connectivity index (χ1) is 6.38. The maximum Gasteiger partial charge on any atom is 0.0621 e. The number of aliphatic hydroxyl groups is 1. The van der Waals surface area contributed by atoms with Crippen LogP contribution in [0.15, 0.2) is 0 Å². The number of β-amino-alcohol motifs (C(OH)–C–C–N with tert-alkyl or cyclic N) is 1. The molecule has 0 aliphatic carbocycles. The van der Waals surface area contributed by atoms with Crippen LogP contribution < -0.4 is 0 Å². The van der Waals surface area contributed by atoms with Gasteiger partial charge in [-0.05, 0) is 26.3 Å². The molecule has 1 N–H and O–H groups in total. The third-order valence-electron chi connectivity index (χ3n) is 2.65. The van der Waals surface area contributed by atoms with Crippen LogP contribution in [0, 0.1) is 0 Å². The second-order valence-electron chi connectivity index (χ2n) is 3.57. The highest BCUT2D eigenvalue weighted by Crippen LogP contribution is 2.16. The van der Waals surface area contributed by atoms with Gasteiger partial charge in [0.1, 0.15) is 0 Å². The van der Waals surface area contributed by atoms with Gasteiger partial charge in [0.15, 0.2) is 0 Å². The van der Waals surface area contributed by atoms with Gasteiger partial charge in [0, 0.05) is 19.2 Å². The first-order valence-electron chi connectivity index (χ1n) is 5.31. The van der Waals surface area contributed by atoms with Crippen molar-refractivity contribution in [2.24, 2.45) is 0 Å². The molecule has 0 aromatic heterocycles. The number of ether oxygens (including phenoxy) is 1. The minimum Gasteiger partial charge on any atom is -0.395 e. The average molecular weight is 187 g/mol. The predicted molar refractivity (Wildman–Crippen MR) is 52.8 cm³/mol. The number of likely N-dealkylation sites (tertiary alicyclic amines) is 1. The monoisotopic (exact) mass is 187 g/mol. The summed E-state index contributed by atoms with van der Waals surface area (Å²) in [5, 5.41) is 8.88. The Morgan fingerprint density at radius 1 is 1.46 bits per heavy atom. The number of aliphatic hydroxyl groups excluding tert-OH is 1. The van der Waals surface area contributed by atoms with Gasteiger partial charge < -0.3 is 9.84 Å². The van der Waals surface area contributed by atoms with Crippen LogP contribution in [0.1, 0.15) is 26.2 Å². The molecule has 0 amide bonds. The number of nitrogens with zero attached hydrogens (tertiary/aromatic N) is 1. The highest BCUT2D eigenvalue weighted by Gasteiger charge is 2.21. The van der Waals surface area contributed by atoms with Gasteiger partial charge >= 0.3 is 0 Å². The molecular formula is C10H21NO2. The summed E-state index contributed by atoms with van der Waals surface area (Å²) in [6.07, 6.45) is 3.79. The number of rotatable bonds is 5. The van der Waals surface area contributed by atoms with Gasteiger partial charge in [-0.15, -0.1) is 0 Å². The lowest BCUT2D eigenvalue weighted by Crippen LogP contribution is -2.43. The van der Waals surface area contributed by atoms with E-state index in [1.54, 1.807) is 0 Å². The summed E-state index contributed by atoms with van der Waals surface area (Å²) in [6, 6.07) is 0.542. The molecular weight excluding hydrogens is 166 g/mol. The van der Waals surface area contributed by atoms with Gasteiger partial charge in [0.05, 0.1) is 13.2 Å². The quantitative estimate of drug-likeness (QED) is 0.693. The molecule has 0 bridgehead atoms. The topological polar surface area (TPSA) is 32.7 Å².